The molecule has 3 aromatic rings. The molecule has 340 valence electrons. The summed E-state index contributed by atoms with van der Waals surface area (Å²) in [5, 5.41) is 15.2. The summed E-state index contributed by atoms with van der Waals surface area (Å²) in [7, 11) is 3.35. The summed E-state index contributed by atoms with van der Waals surface area (Å²) in [5.74, 6) is -2.51. The van der Waals surface area contributed by atoms with E-state index in [1.807, 2.05) is 37.3 Å². The lowest BCUT2D eigenvalue weighted by molar-refractivity contribution is -0.142. The molecule has 1 unspecified atom stereocenters. The number of nitrogens with one attached hydrogen (secondary N) is 2. The first-order valence-corrected chi connectivity index (χ1v) is 22.6. The highest BCUT2D eigenvalue weighted by Gasteiger charge is 2.36. The number of aryl methyl sites for hydroxylation is 2. The highest BCUT2D eigenvalue weighted by Crippen LogP contribution is 2.41. The van der Waals surface area contributed by atoms with Crippen LogP contribution in [0.15, 0.2) is 54.6 Å². The number of carbonyl (C=O) groups excluding carboxylic acids is 5. The molecule has 1 aliphatic heterocycles. The fourth-order valence-corrected chi connectivity index (χ4v) is 8.22. The maximum absolute atomic E-state index is 14.8. The summed E-state index contributed by atoms with van der Waals surface area (Å²) < 4.78 is 12.3. The van der Waals surface area contributed by atoms with Crippen LogP contribution in [0.4, 0.5) is 0 Å². The van der Waals surface area contributed by atoms with Crippen LogP contribution >= 0.6 is 0 Å². The Morgan fingerprint density at radius 2 is 1.62 bits per heavy atom. The number of nitrogens with two attached hydrogens (primary N) is 2. The molecule has 4 bridgehead atoms. The van der Waals surface area contributed by atoms with Gasteiger partial charge in [0.1, 0.15) is 30.8 Å². The van der Waals surface area contributed by atoms with Crippen molar-refractivity contribution >= 4 is 29.2 Å². The predicted molar refractivity (Wildman–Crippen MR) is 245 cm³/mol. The number of hydrogen-bond donors (Lipinski definition) is 4. The average Bonchev–Trinajstić information content (AvgIpc) is 3.27. The molecule has 1 heterocycles. The number of amides is 2. The van der Waals surface area contributed by atoms with Gasteiger partial charge < -0.3 is 36.5 Å². The molecule has 0 spiro atoms. The zero-order valence-corrected chi connectivity index (χ0v) is 37.9. The highest BCUT2D eigenvalue weighted by atomic mass is 16.5. The molecule has 13 nitrogen and oxygen atoms in total. The third-order valence-corrected chi connectivity index (χ3v) is 11.7. The van der Waals surface area contributed by atoms with E-state index in [1.165, 1.54) is 36.1 Å². The van der Waals surface area contributed by atoms with Crippen LogP contribution in [0.5, 0.6) is 11.5 Å². The van der Waals surface area contributed by atoms with Crippen molar-refractivity contribution in [2.45, 2.75) is 110 Å². The van der Waals surface area contributed by atoms with Crippen LogP contribution in [-0.4, -0.2) is 87.0 Å². The quantitative estimate of drug-likeness (QED) is 0.0610. The molecule has 1 aliphatic rings. The van der Waals surface area contributed by atoms with Gasteiger partial charge in [-0.15, -0.1) is 0 Å². The van der Waals surface area contributed by atoms with Gasteiger partial charge >= 0.3 is 0 Å². The van der Waals surface area contributed by atoms with Gasteiger partial charge in [-0.2, -0.15) is 5.26 Å². The Morgan fingerprint density at radius 3 is 2.27 bits per heavy atom. The van der Waals surface area contributed by atoms with Crippen LogP contribution in [0.1, 0.15) is 117 Å². The van der Waals surface area contributed by atoms with E-state index in [4.69, 9.17) is 20.9 Å². The molecule has 4 rings (SSSR count). The predicted octanol–water partition coefficient (Wildman–Crippen LogP) is 6.36. The van der Waals surface area contributed by atoms with Gasteiger partial charge in [-0.3, -0.25) is 24.0 Å². The van der Waals surface area contributed by atoms with Crippen molar-refractivity contribution in [3.63, 3.8) is 0 Å². The van der Waals surface area contributed by atoms with E-state index in [0.717, 1.165) is 18.4 Å². The SMILES string of the molecule is CCCCCCCc1ccc(C(=O)CC(CCNC)C(=O)N(C)[C@@H]2C(=O)C[C@@H](C)C(=O)N[C@H](C(=O)CCC#N)Cc3ccc(OCCN)c(c3)-c3cc2ccc3OCCN)c(C)c1. The molecule has 6 N–H and O–H groups in total. The van der Waals surface area contributed by atoms with Crippen molar-refractivity contribution in [1.29, 1.82) is 5.26 Å². The lowest BCUT2D eigenvalue weighted by Gasteiger charge is -2.32. The second kappa shape index (κ2) is 25.6. The molecule has 0 fully saturated rings. The third kappa shape index (κ3) is 14.3. The molecule has 3 aromatic carbocycles. The van der Waals surface area contributed by atoms with Crippen LogP contribution in [0.2, 0.25) is 0 Å². The molecule has 0 saturated heterocycles. The van der Waals surface area contributed by atoms with Crippen LogP contribution in [0, 0.1) is 30.1 Å². The van der Waals surface area contributed by atoms with E-state index in [9.17, 15) is 29.2 Å². The number of ketones is 3. The van der Waals surface area contributed by atoms with E-state index < -0.39 is 41.5 Å². The minimum absolute atomic E-state index is 0.0148. The van der Waals surface area contributed by atoms with E-state index in [1.54, 1.807) is 45.3 Å². The van der Waals surface area contributed by atoms with Crippen molar-refractivity contribution in [3.05, 3.63) is 82.4 Å². The Kier molecular flexibility index (Phi) is 20.4. The summed E-state index contributed by atoms with van der Waals surface area (Å²) in [6, 6.07) is 16.5. The number of fused-ring (bicyclic) bond motifs is 5. The minimum Gasteiger partial charge on any atom is -0.492 e. The number of nitrogens with zero attached hydrogens (tertiary/aromatic N) is 2. The summed E-state index contributed by atoms with van der Waals surface area (Å²) in [6.45, 7) is 7.05. The number of ether oxygens (including phenoxy) is 2. The number of hydrogen-bond acceptors (Lipinski definition) is 11. The summed E-state index contributed by atoms with van der Waals surface area (Å²) in [6.07, 6.45) is 6.91. The summed E-state index contributed by atoms with van der Waals surface area (Å²) in [5.41, 5.74) is 16.6. The smallest absolute Gasteiger partial charge is 0.226 e. The molecule has 2 amide bonds. The van der Waals surface area contributed by atoms with Crippen molar-refractivity contribution in [1.82, 2.24) is 15.5 Å². The lowest BCUT2D eigenvalue weighted by atomic mass is 9.87. The highest BCUT2D eigenvalue weighted by molar-refractivity contribution is 6.01. The van der Waals surface area contributed by atoms with E-state index in [0.29, 0.717) is 52.3 Å². The first-order chi connectivity index (χ1) is 30.4. The van der Waals surface area contributed by atoms with Crippen LogP contribution < -0.4 is 31.6 Å². The molecular weight excluding hydrogens is 797 g/mol. The molecule has 0 radical (unpaired) electrons. The molecule has 0 aliphatic carbocycles. The number of Topliss-reactive ketones (excluding diaryl/α,β-unsaturated/α-hetero) is 3. The van der Waals surface area contributed by atoms with Gasteiger partial charge in [0.15, 0.2) is 17.3 Å². The van der Waals surface area contributed by atoms with Gasteiger partial charge in [-0.1, -0.05) is 69.9 Å². The maximum Gasteiger partial charge on any atom is 0.226 e. The minimum atomic E-state index is -1.17. The number of nitriles is 1. The number of likely N-dealkylation sites (N-methyl/N-ethyl adjacent to an activating group) is 1. The molecule has 4 atom stereocenters. The van der Waals surface area contributed by atoms with Crippen molar-refractivity contribution < 1.29 is 33.4 Å². The van der Waals surface area contributed by atoms with Gasteiger partial charge in [0, 0.05) is 74.3 Å². The van der Waals surface area contributed by atoms with Gasteiger partial charge in [-0.25, -0.2) is 0 Å². The van der Waals surface area contributed by atoms with Gasteiger partial charge in [0.25, 0.3) is 0 Å². The largest absolute Gasteiger partial charge is 0.492 e. The Labute approximate surface area is 373 Å². The van der Waals surface area contributed by atoms with Crippen LogP contribution in [0.25, 0.3) is 11.1 Å². The van der Waals surface area contributed by atoms with E-state index >= 15 is 0 Å². The van der Waals surface area contributed by atoms with Gasteiger partial charge in [0.2, 0.25) is 11.8 Å². The molecule has 0 saturated carbocycles. The zero-order chi connectivity index (χ0) is 45.9. The fraction of sp³-hybridized carbons (Fsp3) is 0.520. The number of rotatable bonds is 23. The van der Waals surface area contributed by atoms with Crippen molar-refractivity contribution in [2.75, 3.05) is 46.9 Å². The van der Waals surface area contributed by atoms with Crippen LogP contribution in [0.3, 0.4) is 0 Å². The second-order valence-corrected chi connectivity index (χ2v) is 16.7. The van der Waals surface area contributed by atoms with Crippen molar-refractivity contribution in [2.24, 2.45) is 23.3 Å². The molecule has 63 heavy (non-hydrogen) atoms. The second-order valence-electron chi connectivity index (χ2n) is 16.7. The molecule has 13 heteroatoms. The Hall–Kier alpha value is -5.42. The standard InChI is InChI=1S/C50H68N6O7/c1-6-7-8-9-10-12-35-14-17-39(33(2)27-35)44(58)32-38(20-24-54-4)50(61)56(5)48-37-16-19-47(63-26-23-53)41(31-37)40-29-36(15-18-46(40)62-25-22-52)30-42(43(57)13-11-21-51)55-49(60)34(3)28-45(48)59/h14-19,27,29,31,34,38,42,48,54H,6-13,20,22-26,28,30,32,52-53H2,1-5H3,(H,55,60)/t34-,38?,42+,48+/m1/s1. The van der Waals surface area contributed by atoms with Crippen LogP contribution in [-0.2, 0) is 32.0 Å². The van der Waals surface area contributed by atoms with Crippen molar-refractivity contribution in [3.8, 4) is 28.7 Å². The lowest BCUT2D eigenvalue weighted by Crippen LogP contribution is -2.46. The maximum atomic E-state index is 14.8. The number of unbranched alkanes of at least 4 members (excludes halogenated alkanes) is 4. The summed E-state index contributed by atoms with van der Waals surface area (Å²) in [4.78, 5) is 72.3. The fourth-order valence-electron chi connectivity index (χ4n) is 8.22. The van der Waals surface area contributed by atoms with Gasteiger partial charge in [-0.05, 0) is 92.7 Å². The number of carbonyl (C=O) groups is 5. The topological polar surface area (TPSA) is 207 Å². The first kappa shape index (κ1) is 50.2. The Morgan fingerprint density at radius 1 is 0.937 bits per heavy atom. The Bertz CT molecular complexity index is 2080. The van der Waals surface area contributed by atoms with E-state index in [-0.39, 0.29) is 70.0 Å². The molecule has 0 aromatic heterocycles. The van der Waals surface area contributed by atoms with Gasteiger partial charge in [0.05, 0.1) is 12.1 Å². The zero-order valence-electron chi connectivity index (χ0n) is 37.9. The third-order valence-electron chi connectivity index (χ3n) is 11.7. The van der Waals surface area contributed by atoms with E-state index in [2.05, 4.69) is 23.6 Å². The number of benzene rings is 3. The average molecular weight is 865 g/mol. The normalized spacial score (nSPS) is 16.9. The first-order valence-electron chi connectivity index (χ1n) is 22.6. The summed E-state index contributed by atoms with van der Waals surface area (Å²) >= 11 is 0. The Balaban J connectivity index is 1.80. The molecular formula is C50H68N6O7. The monoisotopic (exact) mass is 865 g/mol.